The molecule has 0 aliphatic carbocycles. The molecule has 3 aromatic rings. The second-order valence-electron chi connectivity index (χ2n) is 9.08. The van der Waals surface area contributed by atoms with Crippen molar-refractivity contribution >= 4 is 26.8 Å². The van der Waals surface area contributed by atoms with Gasteiger partial charge < -0.3 is 9.64 Å². The average molecular weight is 482 g/mol. The predicted molar refractivity (Wildman–Crippen MR) is 134 cm³/mol. The van der Waals surface area contributed by atoms with Crippen molar-refractivity contribution < 1.29 is 17.9 Å². The normalized spacial score (nSPS) is 17.5. The van der Waals surface area contributed by atoms with E-state index in [4.69, 9.17) is 4.74 Å². The molecule has 180 valence electrons. The third-order valence-corrected chi connectivity index (χ3v) is 7.00. The number of pyridine rings is 1. The molecule has 8 heteroatoms. The van der Waals surface area contributed by atoms with Crippen LogP contribution in [0.3, 0.4) is 0 Å². The van der Waals surface area contributed by atoms with Crippen LogP contribution < -0.4 is 9.46 Å². The fourth-order valence-electron chi connectivity index (χ4n) is 4.75. The summed E-state index contributed by atoms with van der Waals surface area (Å²) in [5.74, 6) is 0.416. The monoisotopic (exact) mass is 481 g/mol. The van der Waals surface area contributed by atoms with Crippen molar-refractivity contribution in [3.8, 4) is 16.9 Å². The summed E-state index contributed by atoms with van der Waals surface area (Å²) in [5.41, 5.74) is 5.53. The van der Waals surface area contributed by atoms with Crippen molar-refractivity contribution in [2.24, 2.45) is 0 Å². The fourth-order valence-corrected chi connectivity index (χ4v) is 5.54. The van der Waals surface area contributed by atoms with Crippen molar-refractivity contribution in [3.63, 3.8) is 0 Å². The van der Waals surface area contributed by atoms with Gasteiger partial charge in [0.1, 0.15) is 5.75 Å². The van der Waals surface area contributed by atoms with Crippen molar-refractivity contribution in [2.45, 2.75) is 45.8 Å². The van der Waals surface area contributed by atoms with Crippen molar-refractivity contribution in [2.75, 3.05) is 19.3 Å². The molecule has 4 rings (SSSR count). The number of aromatic nitrogens is 1. The number of nitrogens with one attached hydrogen (secondary N) is 1. The fraction of sp³-hybridized carbons (Fsp3) is 0.385. The number of benzene rings is 2. The topological polar surface area (TPSA) is 88.6 Å². The number of ether oxygens (including phenoxy) is 1. The van der Waals surface area contributed by atoms with Gasteiger partial charge in [-0.2, -0.15) is 0 Å². The van der Waals surface area contributed by atoms with E-state index in [2.05, 4.69) is 41.8 Å². The van der Waals surface area contributed by atoms with E-state index in [1.165, 1.54) is 16.7 Å². The molecule has 1 aromatic heterocycles. The summed E-state index contributed by atoms with van der Waals surface area (Å²) in [6, 6.07) is 13.8. The molecule has 2 atom stereocenters. The second-order valence-corrected chi connectivity index (χ2v) is 10.9. The quantitative estimate of drug-likeness (QED) is 0.578. The minimum absolute atomic E-state index is 0.155. The Morgan fingerprint density at radius 2 is 1.91 bits per heavy atom. The van der Waals surface area contributed by atoms with E-state index in [9.17, 15) is 13.2 Å². The largest absolute Gasteiger partial charge is 0.481 e. The van der Waals surface area contributed by atoms with Crippen LogP contribution >= 0.6 is 0 Å². The lowest BCUT2D eigenvalue weighted by molar-refractivity contribution is -0.139. The summed E-state index contributed by atoms with van der Waals surface area (Å²) in [5, 5.41) is 1.02. The number of hydrogen-bond acceptors (Lipinski definition) is 5. The highest BCUT2D eigenvalue weighted by molar-refractivity contribution is 7.88. The lowest BCUT2D eigenvalue weighted by atomic mass is 9.93. The molecule has 1 aliphatic heterocycles. The van der Waals surface area contributed by atoms with Gasteiger partial charge in [0.05, 0.1) is 11.8 Å². The van der Waals surface area contributed by atoms with E-state index >= 15 is 0 Å². The van der Waals surface area contributed by atoms with E-state index in [0.717, 1.165) is 29.1 Å². The number of amides is 1. The summed E-state index contributed by atoms with van der Waals surface area (Å²) < 4.78 is 31.7. The number of hydrogen-bond donors (Lipinski definition) is 1. The first-order valence-corrected chi connectivity index (χ1v) is 13.4. The Morgan fingerprint density at radius 1 is 1.18 bits per heavy atom. The molecule has 1 N–H and O–H groups in total. The van der Waals surface area contributed by atoms with Gasteiger partial charge in [-0.15, -0.1) is 0 Å². The van der Waals surface area contributed by atoms with E-state index < -0.39 is 16.1 Å². The van der Waals surface area contributed by atoms with Crippen molar-refractivity contribution in [3.05, 3.63) is 59.8 Å². The summed E-state index contributed by atoms with van der Waals surface area (Å²) in [6.45, 7) is 6.87. The average Bonchev–Trinajstić information content (AvgIpc) is 2.77. The van der Waals surface area contributed by atoms with Crippen LogP contribution in [0, 0.1) is 13.8 Å². The maximum atomic E-state index is 13.0. The van der Waals surface area contributed by atoms with Crippen LogP contribution in [0.4, 0.5) is 0 Å². The maximum Gasteiger partial charge on any atom is 0.263 e. The van der Waals surface area contributed by atoms with E-state index in [1.807, 2.05) is 24.3 Å². The van der Waals surface area contributed by atoms with Gasteiger partial charge >= 0.3 is 0 Å². The highest BCUT2D eigenvalue weighted by Crippen LogP contribution is 2.34. The van der Waals surface area contributed by atoms with Gasteiger partial charge in [0.2, 0.25) is 10.0 Å². The van der Waals surface area contributed by atoms with Gasteiger partial charge in [0, 0.05) is 36.8 Å². The molecule has 1 saturated heterocycles. The standard InChI is InChI=1S/C26H31N3O4S/c1-17-7-5-8-18(2)25(17)23-12-13-27-24-15-21(10-11-22(23)24)33-19(3)26(30)29-14-6-9-20(16-29)28-34(4,31)32/h5,7-8,10-13,15,19-20,28H,6,9,14,16H2,1-4H3/t19-,20+/m1/s1. The molecular weight excluding hydrogens is 450 g/mol. The SMILES string of the molecule is Cc1cccc(C)c1-c1ccnc2cc(O[C@H](C)C(=O)N3CCC[C@H](NS(C)(=O)=O)C3)ccc12. The van der Waals surface area contributed by atoms with Crippen molar-refractivity contribution in [1.82, 2.24) is 14.6 Å². The van der Waals surface area contributed by atoms with E-state index in [-0.39, 0.29) is 11.9 Å². The van der Waals surface area contributed by atoms with Crippen LogP contribution in [0.5, 0.6) is 5.75 Å². The summed E-state index contributed by atoms with van der Waals surface area (Å²) in [7, 11) is -3.32. The van der Waals surface area contributed by atoms with Crippen LogP contribution in [-0.4, -0.2) is 55.7 Å². The zero-order valence-electron chi connectivity index (χ0n) is 20.0. The van der Waals surface area contributed by atoms with Crippen LogP contribution in [0.1, 0.15) is 30.9 Å². The Labute approximate surface area is 201 Å². The Kier molecular flexibility index (Phi) is 6.91. The minimum Gasteiger partial charge on any atom is -0.481 e. The van der Waals surface area contributed by atoms with Gasteiger partial charge in [-0.05, 0) is 74.1 Å². The number of rotatable bonds is 6. The maximum absolute atomic E-state index is 13.0. The molecule has 34 heavy (non-hydrogen) atoms. The number of piperidine rings is 1. The molecule has 1 aliphatic rings. The van der Waals surface area contributed by atoms with Crippen LogP contribution in [0.25, 0.3) is 22.0 Å². The molecule has 7 nitrogen and oxygen atoms in total. The van der Waals surface area contributed by atoms with Gasteiger partial charge in [0.15, 0.2) is 6.10 Å². The van der Waals surface area contributed by atoms with Crippen LogP contribution in [-0.2, 0) is 14.8 Å². The van der Waals surface area contributed by atoms with Crippen LogP contribution in [0.15, 0.2) is 48.7 Å². The molecule has 0 spiro atoms. The first kappa shape index (κ1) is 24.2. The summed E-state index contributed by atoms with van der Waals surface area (Å²) in [6.07, 6.45) is 3.69. The number of nitrogens with zero attached hydrogens (tertiary/aromatic N) is 2. The van der Waals surface area contributed by atoms with Crippen molar-refractivity contribution in [1.29, 1.82) is 0 Å². The molecule has 1 fully saturated rings. The molecule has 2 heterocycles. The third-order valence-electron chi connectivity index (χ3n) is 6.24. The summed E-state index contributed by atoms with van der Waals surface area (Å²) in [4.78, 5) is 19.2. The Bertz CT molecular complexity index is 1300. The van der Waals surface area contributed by atoms with Gasteiger partial charge in [0.25, 0.3) is 5.91 Å². The highest BCUT2D eigenvalue weighted by Gasteiger charge is 2.29. The minimum atomic E-state index is -3.32. The van der Waals surface area contributed by atoms with Crippen LogP contribution in [0.2, 0.25) is 0 Å². The zero-order valence-corrected chi connectivity index (χ0v) is 20.9. The molecule has 0 unspecified atom stereocenters. The Morgan fingerprint density at radius 3 is 2.62 bits per heavy atom. The lowest BCUT2D eigenvalue weighted by Gasteiger charge is -2.34. The zero-order chi connectivity index (χ0) is 24.5. The molecule has 2 aromatic carbocycles. The predicted octanol–water partition coefficient (Wildman–Crippen LogP) is 3.83. The molecule has 1 amide bonds. The van der Waals surface area contributed by atoms with Gasteiger partial charge in [-0.25, -0.2) is 13.1 Å². The molecule has 0 saturated carbocycles. The molecule has 0 bridgehead atoms. The molecule has 0 radical (unpaired) electrons. The van der Waals surface area contributed by atoms with E-state index in [1.54, 1.807) is 18.0 Å². The van der Waals surface area contributed by atoms with Gasteiger partial charge in [-0.3, -0.25) is 9.78 Å². The number of carbonyl (C=O) groups excluding carboxylic acids is 1. The van der Waals surface area contributed by atoms with Gasteiger partial charge in [-0.1, -0.05) is 18.2 Å². The number of sulfonamides is 1. The number of fused-ring (bicyclic) bond motifs is 1. The Balaban J connectivity index is 1.52. The third kappa shape index (κ3) is 5.39. The number of aryl methyl sites for hydroxylation is 2. The first-order chi connectivity index (χ1) is 16.1. The highest BCUT2D eigenvalue weighted by atomic mass is 32.2. The second kappa shape index (κ2) is 9.72. The first-order valence-electron chi connectivity index (χ1n) is 11.5. The number of likely N-dealkylation sites (tertiary alicyclic amines) is 1. The summed E-state index contributed by atoms with van der Waals surface area (Å²) >= 11 is 0. The number of carbonyl (C=O) groups is 1. The lowest BCUT2D eigenvalue weighted by Crippen LogP contribution is -2.52. The smallest absolute Gasteiger partial charge is 0.263 e. The van der Waals surface area contributed by atoms with E-state index in [0.29, 0.717) is 25.3 Å². The molecular formula is C26H31N3O4S. The Hall–Kier alpha value is -2.97.